The smallest absolute Gasteiger partial charge is 0.242 e. The van der Waals surface area contributed by atoms with E-state index in [1.165, 1.54) is 6.20 Å². The summed E-state index contributed by atoms with van der Waals surface area (Å²) in [6, 6.07) is 7.87. The number of pyridine rings is 2. The quantitative estimate of drug-likeness (QED) is 0.675. The van der Waals surface area contributed by atoms with Crippen molar-refractivity contribution >= 4 is 21.1 Å². The molecule has 7 nitrogen and oxygen atoms in total. The number of nitriles is 1. The third kappa shape index (κ3) is 3.09. The fourth-order valence-corrected chi connectivity index (χ4v) is 5.42. The molecule has 30 heavy (non-hydrogen) atoms. The Morgan fingerprint density at radius 1 is 1.23 bits per heavy atom. The number of aryl methyl sites for hydroxylation is 1. The van der Waals surface area contributed by atoms with Crippen molar-refractivity contribution in [1.29, 1.82) is 5.26 Å². The van der Waals surface area contributed by atoms with Crippen LogP contribution in [0.15, 0.2) is 35.5 Å². The van der Waals surface area contributed by atoms with E-state index in [2.05, 4.69) is 25.3 Å². The van der Waals surface area contributed by atoms with Gasteiger partial charge in [-0.15, -0.1) is 0 Å². The Morgan fingerprint density at radius 2 is 2.00 bits per heavy atom. The molecule has 0 spiro atoms. The Labute approximate surface area is 175 Å². The number of fused-ring (bicyclic) bond motifs is 1. The Hall–Kier alpha value is -2.76. The molecule has 0 atom stereocenters. The summed E-state index contributed by atoms with van der Waals surface area (Å²) in [5.41, 5.74) is 3.29. The summed E-state index contributed by atoms with van der Waals surface area (Å²) in [5, 5.41) is 10.8. The predicted molar refractivity (Wildman–Crippen MR) is 113 cm³/mol. The van der Waals surface area contributed by atoms with Gasteiger partial charge >= 0.3 is 0 Å². The van der Waals surface area contributed by atoms with Crippen LogP contribution in [0.3, 0.4) is 0 Å². The highest BCUT2D eigenvalue weighted by atomic mass is 32.2. The van der Waals surface area contributed by atoms with Gasteiger partial charge in [-0.25, -0.2) is 18.1 Å². The average Bonchev–Trinajstić information content (AvgIpc) is 3.30. The topological polar surface area (TPSA) is 101 Å². The van der Waals surface area contributed by atoms with Crippen molar-refractivity contribution < 1.29 is 8.42 Å². The highest BCUT2D eigenvalue weighted by Crippen LogP contribution is 2.41. The lowest BCUT2D eigenvalue weighted by atomic mass is 9.92. The van der Waals surface area contributed by atoms with Crippen molar-refractivity contribution in [3.05, 3.63) is 41.7 Å². The fourth-order valence-electron chi connectivity index (χ4n) is 4.01. The summed E-state index contributed by atoms with van der Waals surface area (Å²) in [6.07, 6.45) is 8.10. The van der Waals surface area contributed by atoms with Crippen molar-refractivity contribution in [2.75, 3.05) is 0 Å². The molecule has 1 N–H and O–H groups in total. The van der Waals surface area contributed by atoms with Gasteiger partial charge in [-0.05, 0) is 69.7 Å². The average molecular weight is 422 g/mol. The monoisotopic (exact) mass is 421 g/mol. The van der Waals surface area contributed by atoms with Crippen LogP contribution in [-0.4, -0.2) is 28.5 Å². The van der Waals surface area contributed by atoms with E-state index >= 15 is 0 Å². The molecule has 0 saturated heterocycles. The molecular formula is C22H23N5O2S. The molecule has 3 aromatic rings. The Kier molecular flexibility index (Phi) is 4.24. The van der Waals surface area contributed by atoms with E-state index in [1.54, 1.807) is 12.1 Å². The summed E-state index contributed by atoms with van der Waals surface area (Å²) in [7, 11) is -3.62. The van der Waals surface area contributed by atoms with E-state index in [0.717, 1.165) is 54.4 Å². The van der Waals surface area contributed by atoms with Gasteiger partial charge in [0.25, 0.3) is 0 Å². The highest BCUT2D eigenvalue weighted by Gasteiger charge is 2.41. The molecule has 5 rings (SSSR count). The third-order valence-electron chi connectivity index (χ3n) is 6.20. The predicted octanol–water partition coefficient (Wildman–Crippen LogP) is 3.83. The van der Waals surface area contributed by atoms with E-state index < -0.39 is 10.0 Å². The first-order valence-electron chi connectivity index (χ1n) is 10.2. The van der Waals surface area contributed by atoms with Crippen LogP contribution in [0.4, 0.5) is 0 Å². The minimum absolute atomic E-state index is 0.137. The lowest BCUT2D eigenvalue weighted by Gasteiger charge is -2.29. The van der Waals surface area contributed by atoms with E-state index in [9.17, 15) is 13.7 Å². The second kappa shape index (κ2) is 6.62. The summed E-state index contributed by atoms with van der Waals surface area (Å²) >= 11 is 0. The summed E-state index contributed by atoms with van der Waals surface area (Å²) < 4.78 is 30.2. The van der Waals surface area contributed by atoms with Crippen LogP contribution in [0.5, 0.6) is 0 Å². The fraction of sp³-hybridized carbons (Fsp3) is 0.409. The molecule has 0 amide bonds. The van der Waals surface area contributed by atoms with Crippen LogP contribution in [-0.2, 0) is 10.0 Å². The first-order chi connectivity index (χ1) is 14.3. The van der Waals surface area contributed by atoms with E-state index in [-0.39, 0.29) is 16.5 Å². The molecule has 2 saturated carbocycles. The Balaban J connectivity index is 1.63. The maximum Gasteiger partial charge on any atom is 0.242 e. The molecular weight excluding hydrogens is 398 g/mol. The minimum Gasteiger partial charge on any atom is -0.320 e. The number of rotatable bonds is 5. The van der Waals surface area contributed by atoms with Crippen LogP contribution < -0.4 is 4.72 Å². The Morgan fingerprint density at radius 3 is 2.57 bits per heavy atom. The molecule has 3 heterocycles. The van der Waals surface area contributed by atoms with Crippen molar-refractivity contribution in [3.8, 4) is 17.5 Å². The molecule has 0 aromatic carbocycles. The zero-order valence-corrected chi connectivity index (χ0v) is 17.8. The van der Waals surface area contributed by atoms with Gasteiger partial charge < -0.3 is 4.57 Å². The van der Waals surface area contributed by atoms with Gasteiger partial charge in [0.2, 0.25) is 10.0 Å². The highest BCUT2D eigenvalue weighted by molar-refractivity contribution is 7.89. The molecule has 2 fully saturated rings. The molecule has 0 unspecified atom stereocenters. The molecule has 2 aliphatic carbocycles. The second-order valence-corrected chi connectivity index (χ2v) is 10.4. The SMILES string of the molecule is Cc1cnc2c(c1)c(C#N)c(-c1ccc(S(=O)(=O)NC3(C)CC3)cn1)n2C1CCC1. The van der Waals surface area contributed by atoms with E-state index in [4.69, 9.17) is 0 Å². The largest absolute Gasteiger partial charge is 0.320 e. The Bertz CT molecular complexity index is 1290. The van der Waals surface area contributed by atoms with Gasteiger partial charge in [0.05, 0.1) is 17.0 Å². The molecule has 154 valence electrons. The van der Waals surface area contributed by atoms with Gasteiger partial charge in [0, 0.05) is 29.4 Å². The third-order valence-corrected chi connectivity index (χ3v) is 7.82. The van der Waals surface area contributed by atoms with Gasteiger partial charge in [0.15, 0.2) is 0 Å². The maximum absolute atomic E-state index is 12.6. The summed E-state index contributed by atoms with van der Waals surface area (Å²) in [4.78, 5) is 9.23. The maximum atomic E-state index is 12.6. The molecule has 3 aromatic heterocycles. The standard InChI is InChI=1S/C22H23N5O2S/c1-14-10-17-18(11-23)20(27(15-4-3-5-15)21(17)25-12-14)19-7-6-16(13-24-19)30(28,29)26-22(2)8-9-22/h6-7,10,12-13,15,26H,3-5,8-9H2,1-2H3. The zero-order chi connectivity index (χ0) is 21.1. The van der Waals surface area contributed by atoms with Crippen LogP contribution in [0.2, 0.25) is 0 Å². The zero-order valence-electron chi connectivity index (χ0n) is 17.0. The first kappa shape index (κ1) is 19.2. The van der Waals surface area contributed by atoms with E-state index in [0.29, 0.717) is 11.3 Å². The van der Waals surface area contributed by atoms with Crippen LogP contribution >= 0.6 is 0 Å². The van der Waals surface area contributed by atoms with Crippen LogP contribution in [0, 0.1) is 18.3 Å². The van der Waals surface area contributed by atoms with Crippen LogP contribution in [0.1, 0.15) is 56.2 Å². The summed E-state index contributed by atoms with van der Waals surface area (Å²) in [5.74, 6) is 0. The molecule has 0 bridgehead atoms. The van der Waals surface area contributed by atoms with Crippen molar-refractivity contribution in [3.63, 3.8) is 0 Å². The van der Waals surface area contributed by atoms with Gasteiger partial charge in [-0.1, -0.05) is 0 Å². The van der Waals surface area contributed by atoms with Gasteiger partial charge in [0.1, 0.15) is 16.6 Å². The van der Waals surface area contributed by atoms with Crippen LogP contribution in [0.25, 0.3) is 22.4 Å². The number of sulfonamides is 1. The number of nitrogens with one attached hydrogen (secondary N) is 1. The van der Waals surface area contributed by atoms with Crippen molar-refractivity contribution in [2.45, 2.75) is 62.4 Å². The molecule has 0 aliphatic heterocycles. The second-order valence-electron chi connectivity index (χ2n) is 8.72. The molecule has 8 heteroatoms. The first-order valence-corrected chi connectivity index (χ1v) is 11.7. The van der Waals surface area contributed by atoms with Crippen molar-refractivity contribution in [1.82, 2.24) is 19.3 Å². The van der Waals surface area contributed by atoms with Crippen molar-refractivity contribution in [2.24, 2.45) is 0 Å². The lowest BCUT2D eigenvalue weighted by molar-refractivity contribution is 0.322. The van der Waals surface area contributed by atoms with E-state index in [1.807, 2.05) is 26.1 Å². The number of hydrogen-bond donors (Lipinski definition) is 1. The minimum atomic E-state index is -3.62. The number of aromatic nitrogens is 3. The van der Waals surface area contributed by atoms with Gasteiger partial charge in [-0.3, -0.25) is 4.98 Å². The lowest BCUT2D eigenvalue weighted by Crippen LogP contribution is -2.34. The molecule has 2 aliphatic rings. The number of nitrogens with zero attached hydrogens (tertiary/aromatic N) is 4. The number of hydrogen-bond acceptors (Lipinski definition) is 5. The summed E-state index contributed by atoms with van der Waals surface area (Å²) in [6.45, 7) is 3.86. The molecule has 0 radical (unpaired) electrons. The normalized spacial score (nSPS) is 18.2. The van der Waals surface area contributed by atoms with Gasteiger partial charge in [-0.2, -0.15) is 5.26 Å².